The van der Waals surface area contributed by atoms with Gasteiger partial charge in [0.2, 0.25) is 0 Å². The van der Waals surface area contributed by atoms with Crippen LogP contribution in [0, 0.1) is 51.8 Å². The van der Waals surface area contributed by atoms with Gasteiger partial charge in [0.25, 0.3) is 0 Å². The number of rotatable bonds is 5. The van der Waals surface area contributed by atoms with Gasteiger partial charge in [0.1, 0.15) is 0 Å². The van der Waals surface area contributed by atoms with E-state index in [0.717, 1.165) is 35.5 Å². The predicted octanol–water partition coefficient (Wildman–Crippen LogP) is 9.91. The molecule has 0 aromatic rings. The molecule has 176 valence electrons. The smallest absolute Gasteiger partial charge is 0.0261 e. The molecule has 0 bridgehead atoms. The molecule has 0 spiro atoms. The van der Waals surface area contributed by atoms with Crippen LogP contribution in [-0.4, -0.2) is 0 Å². The summed E-state index contributed by atoms with van der Waals surface area (Å²) in [5.74, 6) is 6.27. The Morgan fingerprint density at radius 2 is 1.40 bits per heavy atom. The molecule has 0 heterocycles. The summed E-state index contributed by atoms with van der Waals surface area (Å²) in [6.07, 6.45) is 19.6. The molecule has 8 unspecified atom stereocenters. The normalized spacial score (nSPS) is 45.6. The van der Waals surface area contributed by atoms with Gasteiger partial charge in [0, 0.05) is 0 Å². The van der Waals surface area contributed by atoms with E-state index < -0.39 is 0 Å². The maximum Gasteiger partial charge on any atom is -0.0261 e. The van der Waals surface area contributed by atoms with Crippen LogP contribution in [0.15, 0.2) is 0 Å². The summed E-state index contributed by atoms with van der Waals surface area (Å²) in [5.41, 5.74) is 1.88. The van der Waals surface area contributed by atoms with Crippen LogP contribution in [0.2, 0.25) is 0 Å². The van der Waals surface area contributed by atoms with Crippen molar-refractivity contribution in [3.05, 3.63) is 0 Å². The molecule has 0 aromatic carbocycles. The second-order valence-corrected chi connectivity index (χ2v) is 13.1. The van der Waals surface area contributed by atoms with Gasteiger partial charge < -0.3 is 0 Å². The highest BCUT2D eigenvalue weighted by Crippen LogP contribution is 2.69. The molecule has 0 heteroatoms. The lowest BCUT2D eigenvalue weighted by Crippen LogP contribution is -2.53. The maximum absolute atomic E-state index is 2.74. The van der Waals surface area contributed by atoms with E-state index in [2.05, 4.69) is 41.5 Å². The average Bonchev–Trinajstić information content (AvgIpc) is 3.07. The van der Waals surface area contributed by atoms with Gasteiger partial charge in [-0.25, -0.2) is 0 Å². The first-order valence-corrected chi connectivity index (χ1v) is 14.2. The van der Waals surface area contributed by atoms with E-state index in [1.54, 1.807) is 51.4 Å². The van der Waals surface area contributed by atoms with Crippen molar-refractivity contribution < 1.29 is 0 Å². The topological polar surface area (TPSA) is 0 Å². The van der Waals surface area contributed by atoms with Crippen molar-refractivity contribution in [2.45, 2.75) is 139 Å². The lowest BCUT2D eigenvalue weighted by molar-refractivity contribution is -0.114. The van der Waals surface area contributed by atoms with Crippen molar-refractivity contribution in [3.8, 4) is 0 Å². The van der Waals surface area contributed by atoms with Crippen LogP contribution in [-0.2, 0) is 0 Å². The zero-order valence-corrected chi connectivity index (χ0v) is 22.2. The van der Waals surface area contributed by atoms with Gasteiger partial charge in [0.05, 0.1) is 0 Å². The van der Waals surface area contributed by atoms with E-state index in [1.165, 1.54) is 32.1 Å². The highest BCUT2D eigenvalue weighted by atomic mass is 14.7. The number of fused-ring (bicyclic) bond motifs is 5. The van der Waals surface area contributed by atoms with E-state index in [9.17, 15) is 0 Å². The fourth-order valence-electron chi connectivity index (χ4n) is 10.2. The third-order valence-corrected chi connectivity index (χ3v) is 11.1. The zero-order valence-electron chi connectivity index (χ0n) is 22.2. The fraction of sp³-hybridized carbons (Fsp3) is 1.00. The van der Waals surface area contributed by atoms with Gasteiger partial charge in [-0.1, -0.05) is 81.1 Å². The lowest BCUT2D eigenvalue weighted by atomic mass is 9.44. The Bertz CT molecular complexity index is 546. The van der Waals surface area contributed by atoms with Crippen molar-refractivity contribution in [1.82, 2.24) is 0 Å². The molecule has 8 atom stereocenters. The van der Waals surface area contributed by atoms with E-state index >= 15 is 0 Å². The zero-order chi connectivity index (χ0) is 22.2. The summed E-state index contributed by atoms with van der Waals surface area (Å²) in [5, 5.41) is 0. The average molecular weight is 417 g/mol. The molecule has 0 N–H and O–H groups in total. The van der Waals surface area contributed by atoms with Crippen LogP contribution >= 0.6 is 0 Å². The van der Waals surface area contributed by atoms with Gasteiger partial charge in [0.15, 0.2) is 0 Å². The third-order valence-electron chi connectivity index (χ3n) is 11.1. The van der Waals surface area contributed by atoms with Crippen LogP contribution in [0.25, 0.3) is 0 Å². The summed E-state index contributed by atoms with van der Waals surface area (Å²) >= 11 is 0. The lowest BCUT2D eigenvalue weighted by Gasteiger charge is -2.61. The molecule has 4 saturated carbocycles. The summed E-state index contributed by atoms with van der Waals surface area (Å²) in [4.78, 5) is 0. The van der Waals surface area contributed by atoms with Crippen molar-refractivity contribution in [2.24, 2.45) is 51.8 Å². The Morgan fingerprint density at radius 1 is 0.767 bits per heavy atom. The fourth-order valence-corrected chi connectivity index (χ4v) is 10.2. The first kappa shape index (κ1) is 24.6. The minimum atomic E-state index is 0.548. The number of hydrogen-bond acceptors (Lipinski definition) is 0. The molecule has 4 aliphatic rings. The molecule has 0 aliphatic heterocycles. The molecule has 4 rings (SSSR count). The molecule has 0 nitrogen and oxygen atoms in total. The van der Waals surface area contributed by atoms with Gasteiger partial charge >= 0.3 is 0 Å². The van der Waals surface area contributed by atoms with Crippen molar-refractivity contribution in [2.75, 3.05) is 0 Å². The first-order chi connectivity index (χ1) is 14.2. The highest BCUT2D eigenvalue weighted by molar-refractivity contribution is 5.10. The van der Waals surface area contributed by atoms with E-state index in [1.807, 2.05) is 13.8 Å². The SMILES string of the molecule is CC.CCCC1CCC2C3CCC4(C)C(CCC4C(C)(C)CCC)C3CCC2(C)C1. The molecule has 0 saturated heterocycles. The van der Waals surface area contributed by atoms with Crippen molar-refractivity contribution in [1.29, 1.82) is 0 Å². The van der Waals surface area contributed by atoms with E-state index in [4.69, 9.17) is 0 Å². The maximum atomic E-state index is 2.74. The molecule has 0 radical (unpaired) electrons. The third kappa shape index (κ3) is 4.17. The minimum absolute atomic E-state index is 0.548. The van der Waals surface area contributed by atoms with E-state index in [0.29, 0.717) is 16.2 Å². The minimum Gasteiger partial charge on any atom is -0.0683 e. The second kappa shape index (κ2) is 9.47. The largest absolute Gasteiger partial charge is 0.0683 e. The van der Waals surface area contributed by atoms with Crippen LogP contribution < -0.4 is 0 Å². The van der Waals surface area contributed by atoms with Crippen LogP contribution in [0.4, 0.5) is 0 Å². The summed E-state index contributed by atoms with van der Waals surface area (Å²) < 4.78 is 0. The predicted molar refractivity (Wildman–Crippen MR) is 134 cm³/mol. The van der Waals surface area contributed by atoms with Crippen LogP contribution in [0.1, 0.15) is 139 Å². The van der Waals surface area contributed by atoms with Crippen molar-refractivity contribution >= 4 is 0 Å². The Kier molecular flexibility index (Phi) is 7.78. The Labute approximate surface area is 190 Å². The summed E-state index contributed by atoms with van der Waals surface area (Å²) in [6.45, 7) is 19.5. The van der Waals surface area contributed by atoms with Crippen molar-refractivity contribution in [3.63, 3.8) is 0 Å². The molecule has 30 heavy (non-hydrogen) atoms. The van der Waals surface area contributed by atoms with Crippen LogP contribution in [0.5, 0.6) is 0 Å². The monoisotopic (exact) mass is 416 g/mol. The number of hydrogen-bond donors (Lipinski definition) is 0. The van der Waals surface area contributed by atoms with Gasteiger partial charge in [-0.2, -0.15) is 0 Å². The van der Waals surface area contributed by atoms with Gasteiger partial charge in [-0.15, -0.1) is 0 Å². The highest BCUT2D eigenvalue weighted by Gasteiger charge is 2.60. The molecular formula is C30H56. The molecular weight excluding hydrogens is 360 g/mol. The quantitative estimate of drug-likeness (QED) is 0.418. The summed E-state index contributed by atoms with van der Waals surface area (Å²) in [7, 11) is 0. The van der Waals surface area contributed by atoms with E-state index in [-0.39, 0.29) is 0 Å². The van der Waals surface area contributed by atoms with Gasteiger partial charge in [-0.3, -0.25) is 0 Å². The molecule has 0 amide bonds. The Hall–Kier alpha value is 0. The van der Waals surface area contributed by atoms with Gasteiger partial charge in [-0.05, 0) is 110 Å². The molecule has 4 fully saturated rings. The first-order valence-electron chi connectivity index (χ1n) is 14.2. The Balaban J connectivity index is 0.00000124. The van der Waals surface area contributed by atoms with Crippen LogP contribution in [0.3, 0.4) is 0 Å². The molecule has 0 aromatic heterocycles. The Morgan fingerprint density at radius 3 is 2.07 bits per heavy atom. The summed E-state index contributed by atoms with van der Waals surface area (Å²) in [6, 6.07) is 0. The molecule has 4 aliphatic carbocycles. The standard InChI is InChI=1S/C28H50.C2H6/c1-7-9-20-10-11-23-21-15-18-28(6)24(22(21)14-17-27(23,5)19-20)12-13-25(28)26(3,4)16-8-2;1-2/h20-25H,7-19H2,1-6H3;1-2H3. The second-order valence-electron chi connectivity index (χ2n) is 13.1.